The largest absolute Gasteiger partial charge is 0.393 e. The third-order valence-corrected chi connectivity index (χ3v) is 4.32. The third kappa shape index (κ3) is 0.826. The van der Waals surface area contributed by atoms with Crippen LogP contribution < -0.4 is 0 Å². The summed E-state index contributed by atoms with van der Waals surface area (Å²) in [6.45, 7) is 4.37. The Labute approximate surface area is 73.6 Å². The van der Waals surface area contributed by atoms with Crippen LogP contribution in [-0.2, 0) is 0 Å². The molecule has 2 bridgehead atoms. The van der Waals surface area contributed by atoms with Crippen LogP contribution in [0.2, 0.25) is 0 Å². The molecule has 0 aromatic heterocycles. The van der Waals surface area contributed by atoms with Gasteiger partial charge in [-0.3, -0.25) is 0 Å². The minimum atomic E-state index is -0.766. The maximum atomic E-state index is 10.1. The second kappa shape index (κ2) is 2.24. The summed E-state index contributed by atoms with van der Waals surface area (Å²) >= 11 is 0. The summed E-state index contributed by atoms with van der Waals surface area (Å²) in [4.78, 5) is 0. The topological polar surface area (TPSA) is 40.5 Å². The Morgan fingerprint density at radius 1 is 1.42 bits per heavy atom. The van der Waals surface area contributed by atoms with Crippen LogP contribution >= 0.6 is 0 Å². The molecular formula is C10H18O2. The van der Waals surface area contributed by atoms with E-state index in [1.165, 1.54) is 0 Å². The van der Waals surface area contributed by atoms with Gasteiger partial charge >= 0.3 is 0 Å². The van der Waals surface area contributed by atoms with E-state index in [4.69, 9.17) is 5.11 Å². The summed E-state index contributed by atoms with van der Waals surface area (Å²) in [5.74, 6) is 1.11. The quantitative estimate of drug-likeness (QED) is 0.620. The van der Waals surface area contributed by atoms with E-state index in [1.54, 1.807) is 0 Å². The van der Waals surface area contributed by atoms with E-state index in [-0.39, 0.29) is 12.0 Å². The Kier molecular flexibility index (Phi) is 1.59. The molecule has 0 aromatic carbocycles. The molecule has 3 saturated carbocycles. The van der Waals surface area contributed by atoms with Gasteiger partial charge < -0.3 is 10.2 Å². The zero-order valence-corrected chi connectivity index (χ0v) is 7.88. The van der Waals surface area contributed by atoms with E-state index in [2.05, 4.69) is 13.8 Å². The molecule has 2 heteroatoms. The first-order chi connectivity index (χ1) is 5.50. The Balaban J connectivity index is 2.21. The van der Waals surface area contributed by atoms with Crippen molar-refractivity contribution in [1.29, 1.82) is 0 Å². The predicted octanol–water partition coefficient (Wildman–Crippen LogP) is 1.17. The van der Waals surface area contributed by atoms with Crippen molar-refractivity contribution in [3.8, 4) is 0 Å². The average molecular weight is 170 g/mol. The summed E-state index contributed by atoms with van der Waals surface area (Å²) in [7, 11) is 0. The molecule has 70 valence electrons. The molecule has 3 fully saturated rings. The fourth-order valence-corrected chi connectivity index (χ4v) is 3.21. The lowest BCUT2D eigenvalue weighted by atomic mass is 9.44. The molecule has 3 aliphatic carbocycles. The number of aliphatic hydroxyl groups excluding tert-OH is 1. The normalized spacial score (nSPS) is 50.0. The van der Waals surface area contributed by atoms with Crippen LogP contribution in [0, 0.1) is 17.3 Å². The average Bonchev–Trinajstić information content (AvgIpc) is 2.04. The Hall–Kier alpha value is -0.0800. The number of hydrogen-bond acceptors (Lipinski definition) is 2. The van der Waals surface area contributed by atoms with Crippen molar-refractivity contribution < 1.29 is 10.2 Å². The second-order valence-electron chi connectivity index (χ2n) is 5.11. The molecular weight excluding hydrogens is 152 g/mol. The minimum absolute atomic E-state index is 0.0617. The van der Waals surface area contributed by atoms with Gasteiger partial charge in [-0.1, -0.05) is 13.8 Å². The molecule has 0 aliphatic heterocycles. The van der Waals surface area contributed by atoms with Gasteiger partial charge in [0.05, 0.1) is 12.2 Å². The maximum absolute atomic E-state index is 10.1. The van der Waals surface area contributed by atoms with Crippen LogP contribution in [0.15, 0.2) is 0 Å². The van der Waals surface area contributed by atoms with E-state index in [9.17, 15) is 5.11 Å². The fraction of sp³-hybridized carbons (Fsp3) is 1.00. The van der Waals surface area contributed by atoms with Crippen molar-refractivity contribution in [1.82, 2.24) is 0 Å². The highest BCUT2D eigenvalue weighted by Gasteiger charge is 2.60. The lowest BCUT2D eigenvalue weighted by Crippen LogP contribution is -2.62. The van der Waals surface area contributed by atoms with Gasteiger partial charge in [-0.25, -0.2) is 0 Å². The van der Waals surface area contributed by atoms with Crippen molar-refractivity contribution in [2.24, 2.45) is 17.3 Å². The Bertz CT molecular complexity index is 198. The molecule has 3 atom stereocenters. The van der Waals surface area contributed by atoms with E-state index in [1.807, 2.05) is 0 Å². The number of aliphatic hydroxyl groups is 2. The van der Waals surface area contributed by atoms with Gasteiger partial charge in [0, 0.05) is 0 Å². The fourth-order valence-electron chi connectivity index (χ4n) is 3.21. The van der Waals surface area contributed by atoms with E-state index in [0.29, 0.717) is 5.92 Å². The molecule has 3 rings (SSSR count). The molecule has 0 aromatic rings. The monoisotopic (exact) mass is 170 g/mol. The first kappa shape index (κ1) is 8.52. The van der Waals surface area contributed by atoms with Gasteiger partial charge in [-0.05, 0) is 36.5 Å². The molecule has 0 amide bonds. The summed E-state index contributed by atoms with van der Waals surface area (Å²) in [6, 6.07) is 0. The van der Waals surface area contributed by atoms with Crippen LogP contribution in [0.5, 0.6) is 0 Å². The van der Waals surface area contributed by atoms with E-state index in [0.717, 1.165) is 25.2 Å². The summed E-state index contributed by atoms with van der Waals surface area (Å²) < 4.78 is 0. The van der Waals surface area contributed by atoms with E-state index < -0.39 is 5.60 Å². The molecule has 0 saturated heterocycles. The zero-order chi connectivity index (χ0) is 8.98. The standard InChI is InChI=1S/C10H18O2/c1-9(2)7-3-4-10(12,6-11)8(9)5-7/h7-8,11-12H,3-6H2,1-2H3/t7-,8+,10-/m0/s1. The molecule has 0 unspecified atom stereocenters. The maximum Gasteiger partial charge on any atom is 0.0910 e. The van der Waals surface area contributed by atoms with Crippen molar-refractivity contribution in [3.05, 3.63) is 0 Å². The van der Waals surface area contributed by atoms with Crippen LogP contribution in [0.25, 0.3) is 0 Å². The number of fused-ring (bicyclic) bond motifs is 2. The highest BCUT2D eigenvalue weighted by atomic mass is 16.3. The number of hydrogen-bond donors (Lipinski definition) is 2. The molecule has 3 aliphatic rings. The van der Waals surface area contributed by atoms with Gasteiger partial charge in [0.25, 0.3) is 0 Å². The Morgan fingerprint density at radius 3 is 2.42 bits per heavy atom. The molecule has 2 nitrogen and oxygen atoms in total. The lowest BCUT2D eigenvalue weighted by molar-refractivity contribution is -0.215. The number of rotatable bonds is 1. The third-order valence-electron chi connectivity index (χ3n) is 4.32. The van der Waals surface area contributed by atoms with Gasteiger partial charge in [-0.15, -0.1) is 0 Å². The van der Waals surface area contributed by atoms with Crippen LogP contribution in [0.4, 0.5) is 0 Å². The van der Waals surface area contributed by atoms with Gasteiger partial charge in [0.1, 0.15) is 0 Å². The van der Waals surface area contributed by atoms with Crippen molar-refractivity contribution in [3.63, 3.8) is 0 Å². The van der Waals surface area contributed by atoms with Crippen LogP contribution in [0.3, 0.4) is 0 Å². The molecule has 2 N–H and O–H groups in total. The first-order valence-corrected chi connectivity index (χ1v) is 4.84. The van der Waals surface area contributed by atoms with Crippen LogP contribution in [-0.4, -0.2) is 22.4 Å². The molecule has 0 heterocycles. The predicted molar refractivity (Wildman–Crippen MR) is 46.6 cm³/mol. The summed E-state index contributed by atoms with van der Waals surface area (Å²) in [6.07, 6.45) is 2.99. The Morgan fingerprint density at radius 2 is 2.08 bits per heavy atom. The summed E-state index contributed by atoms with van der Waals surface area (Å²) in [5.41, 5.74) is -0.506. The van der Waals surface area contributed by atoms with Gasteiger partial charge in [-0.2, -0.15) is 0 Å². The van der Waals surface area contributed by atoms with Crippen molar-refractivity contribution in [2.75, 3.05) is 6.61 Å². The zero-order valence-electron chi connectivity index (χ0n) is 7.88. The van der Waals surface area contributed by atoms with E-state index >= 15 is 0 Å². The lowest BCUT2D eigenvalue weighted by Gasteiger charge is -2.63. The highest BCUT2D eigenvalue weighted by molar-refractivity contribution is 5.10. The van der Waals surface area contributed by atoms with Crippen molar-refractivity contribution in [2.45, 2.75) is 38.7 Å². The SMILES string of the molecule is CC1(C)[C@H]2CC[C@](O)(CO)[C@@H]1C2. The minimum Gasteiger partial charge on any atom is -0.393 e. The van der Waals surface area contributed by atoms with Crippen molar-refractivity contribution >= 4 is 0 Å². The molecule has 0 radical (unpaired) electrons. The highest BCUT2D eigenvalue weighted by Crippen LogP contribution is 2.62. The van der Waals surface area contributed by atoms with Crippen LogP contribution in [0.1, 0.15) is 33.1 Å². The molecule has 12 heavy (non-hydrogen) atoms. The molecule has 0 spiro atoms. The summed E-state index contributed by atoms with van der Waals surface area (Å²) in [5, 5.41) is 19.2. The smallest absolute Gasteiger partial charge is 0.0910 e. The second-order valence-corrected chi connectivity index (χ2v) is 5.11. The first-order valence-electron chi connectivity index (χ1n) is 4.84. The van der Waals surface area contributed by atoms with Gasteiger partial charge in [0.15, 0.2) is 0 Å². The van der Waals surface area contributed by atoms with Gasteiger partial charge in [0.2, 0.25) is 0 Å².